The lowest BCUT2D eigenvalue weighted by atomic mass is 10.3. The summed E-state index contributed by atoms with van der Waals surface area (Å²) >= 11 is 1.29. The van der Waals surface area contributed by atoms with Crippen LogP contribution in [0.25, 0.3) is 11.1 Å². The molecule has 0 bridgehead atoms. The van der Waals surface area contributed by atoms with Crippen molar-refractivity contribution >= 4 is 28.8 Å². The van der Waals surface area contributed by atoms with Crippen molar-refractivity contribution in [2.75, 3.05) is 12.9 Å². The number of ether oxygens (including phenoxy) is 1. The Bertz CT molecular complexity index is 493. The van der Waals surface area contributed by atoms with Crippen LogP contribution in [-0.2, 0) is 9.53 Å². The Morgan fingerprint density at radius 3 is 3.06 bits per heavy atom. The van der Waals surface area contributed by atoms with Crippen LogP contribution in [0.3, 0.4) is 0 Å². The van der Waals surface area contributed by atoms with Crippen molar-refractivity contribution in [3.05, 3.63) is 24.3 Å². The molecule has 17 heavy (non-hydrogen) atoms. The molecule has 1 atom stereocenters. The average molecular weight is 252 g/mol. The van der Waals surface area contributed by atoms with E-state index in [1.807, 2.05) is 24.3 Å². The normalized spacial score (nSPS) is 12.6. The van der Waals surface area contributed by atoms with E-state index < -0.39 is 12.0 Å². The number of carbonyl (C=O) groups is 1. The Kier molecular flexibility index (Phi) is 3.65. The molecule has 0 saturated heterocycles. The molecule has 2 rings (SSSR count). The molecule has 1 aromatic carbocycles. The van der Waals surface area contributed by atoms with E-state index in [1.54, 1.807) is 0 Å². The SMILES string of the molecule is COC(=O)[C@@H](N)CSc1nc2ccccc2o1. The summed E-state index contributed by atoms with van der Waals surface area (Å²) in [5, 5.41) is 0.505. The maximum Gasteiger partial charge on any atom is 0.323 e. The van der Waals surface area contributed by atoms with Gasteiger partial charge in [0.15, 0.2) is 5.58 Å². The van der Waals surface area contributed by atoms with Crippen molar-refractivity contribution < 1.29 is 13.9 Å². The molecule has 0 radical (unpaired) electrons. The second-order valence-electron chi connectivity index (χ2n) is 3.39. The molecule has 1 aromatic heterocycles. The number of methoxy groups -OCH3 is 1. The Hall–Kier alpha value is -1.53. The maximum atomic E-state index is 11.1. The minimum atomic E-state index is -0.667. The van der Waals surface area contributed by atoms with E-state index in [1.165, 1.54) is 18.9 Å². The van der Waals surface area contributed by atoms with Gasteiger partial charge >= 0.3 is 5.97 Å². The minimum Gasteiger partial charge on any atom is -0.468 e. The lowest BCUT2D eigenvalue weighted by molar-refractivity contribution is -0.141. The third-order valence-electron chi connectivity index (χ3n) is 2.16. The fourth-order valence-electron chi connectivity index (χ4n) is 1.29. The third-order valence-corrected chi connectivity index (χ3v) is 3.11. The standard InChI is InChI=1S/C11H12N2O3S/c1-15-10(14)7(12)6-17-11-13-8-4-2-3-5-9(8)16-11/h2-5,7H,6,12H2,1H3/t7-/m0/s1. The molecule has 0 amide bonds. The number of nitrogens with two attached hydrogens (primary N) is 1. The summed E-state index contributed by atoms with van der Waals surface area (Å²) in [6, 6.07) is 6.80. The first-order chi connectivity index (χ1) is 8.20. The smallest absolute Gasteiger partial charge is 0.323 e. The van der Waals surface area contributed by atoms with Gasteiger partial charge in [-0.25, -0.2) is 4.98 Å². The van der Waals surface area contributed by atoms with Crippen molar-refractivity contribution in [3.8, 4) is 0 Å². The van der Waals surface area contributed by atoms with Crippen LogP contribution in [0.1, 0.15) is 0 Å². The predicted molar refractivity (Wildman–Crippen MR) is 64.7 cm³/mol. The van der Waals surface area contributed by atoms with Gasteiger partial charge in [0.05, 0.1) is 7.11 Å². The lowest BCUT2D eigenvalue weighted by Crippen LogP contribution is -2.33. The van der Waals surface area contributed by atoms with Crippen LogP contribution in [0.2, 0.25) is 0 Å². The molecular weight excluding hydrogens is 240 g/mol. The summed E-state index contributed by atoms with van der Waals surface area (Å²) in [5.74, 6) is -0.0620. The molecule has 0 fully saturated rings. The minimum absolute atomic E-state index is 0.374. The average Bonchev–Trinajstić information content (AvgIpc) is 2.77. The van der Waals surface area contributed by atoms with Gasteiger partial charge in [-0.2, -0.15) is 0 Å². The predicted octanol–water partition coefficient (Wildman–Crippen LogP) is 1.42. The van der Waals surface area contributed by atoms with E-state index in [0.717, 1.165) is 11.1 Å². The first kappa shape index (κ1) is 11.9. The molecule has 2 aromatic rings. The van der Waals surface area contributed by atoms with Gasteiger partial charge in [-0.3, -0.25) is 4.79 Å². The number of esters is 1. The zero-order chi connectivity index (χ0) is 12.3. The van der Waals surface area contributed by atoms with E-state index in [9.17, 15) is 4.79 Å². The first-order valence-electron chi connectivity index (χ1n) is 5.02. The van der Waals surface area contributed by atoms with Crippen molar-refractivity contribution in [1.29, 1.82) is 0 Å². The third kappa shape index (κ3) is 2.78. The van der Waals surface area contributed by atoms with Crippen molar-refractivity contribution in [3.63, 3.8) is 0 Å². The van der Waals surface area contributed by atoms with E-state index in [4.69, 9.17) is 10.2 Å². The topological polar surface area (TPSA) is 78.4 Å². The van der Waals surface area contributed by atoms with Gasteiger partial charge < -0.3 is 14.9 Å². The zero-order valence-corrected chi connectivity index (χ0v) is 10.1. The largest absolute Gasteiger partial charge is 0.468 e. The number of aromatic nitrogens is 1. The molecule has 0 unspecified atom stereocenters. The number of para-hydroxylation sites is 2. The quantitative estimate of drug-likeness (QED) is 0.655. The Labute approximate surface area is 102 Å². The summed E-state index contributed by atoms with van der Waals surface area (Å²) < 4.78 is 10.0. The van der Waals surface area contributed by atoms with Crippen molar-refractivity contribution in [2.45, 2.75) is 11.3 Å². The summed E-state index contributed by atoms with van der Waals surface area (Å²) in [5.41, 5.74) is 7.12. The van der Waals surface area contributed by atoms with Crippen LogP contribution in [0.15, 0.2) is 33.9 Å². The molecule has 6 heteroatoms. The van der Waals surface area contributed by atoms with Gasteiger partial charge in [0, 0.05) is 5.75 Å². The van der Waals surface area contributed by atoms with Gasteiger partial charge in [0.1, 0.15) is 11.6 Å². The molecule has 0 aliphatic carbocycles. The Morgan fingerprint density at radius 1 is 1.59 bits per heavy atom. The van der Waals surface area contributed by atoms with Crippen LogP contribution in [0, 0.1) is 0 Å². The molecule has 2 N–H and O–H groups in total. The first-order valence-corrected chi connectivity index (χ1v) is 6.01. The molecule has 1 heterocycles. The van der Waals surface area contributed by atoms with Crippen LogP contribution >= 0.6 is 11.8 Å². The number of rotatable bonds is 4. The fraction of sp³-hybridized carbons (Fsp3) is 0.273. The van der Waals surface area contributed by atoms with Crippen molar-refractivity contribution in [1.82, 2.24) is 4.98 Å². The number of nitrogens with zero attached hydrogens (tertiary/aromatic N) is 1. The van der Waals surface area contributed by atoms with E-state index in [-0.39, 0.29) is 0 Å². The van der Waals surface area contributed by atoms with Gasteiger partial charge in [-0.1, -0.05) is 23.9 Å². The lowest BCUT2D eigenvalue weighted by Gasteiger charge is -2.05. The van der Waals surface area contributed by atoms with Crippen LogP contribution < -0.4 is 5.73 Å². The highest BCUT2D eigenvalue weighted by molar-refractivity contribution is 7.99. The van der Waals surface area contributed by atoms with Crippen molar-refractivity contribution in [2.24, 2.45) is 5.73 Å². The summed E-state index contributed by atoms with van der Waals surface area (Å²) in [6.45, 7) is 0. The summed E-state index contributed by atoms with van der Waals surface area (Å²) in [4.78, 5) is 15.4. The zero-order valence-electron chi connectivity index (χ0n) is 9.25. The molecule has 0 saturated carbocycles. The number of hydrogen-bond acceptors (Lipinski definition) is 6. The van der Waals surface area contributed by atoms with E-state index >= 15 is 0 Å². The molecule has 90 valence electrons. The number of fused-ring (bicyclic) bond motifs is 1. The highest BCUT2D eigenvalue weighted by atomic mass is 32.2. The van der Waals surface area contributed by atoms with Gasteiger partial charge in [-0.05, 0) is 12.1 Å². The summed E-state index contributed by atoms with van der Waals surface area (Å²) in [7, 11) is 1.31. The molecule has 0 spiro atoms. The van der Waals surface area contributed by atoms with Crippen LogP contribution in [0.5, 0.6) is 0 Å². The molecule has 0 aliphatic heterocycles. The Morgan fingerprint density at radius 2 is 2.35 bits per heavy atom. The Balaban J connectivity index is 2.01. The molecule has 0 aliphatic rings. The molecule has 5 nitrogen and oxygen atoms in total. The van der Waals surface area contributed by atoms with Crippen LogP contribution in [0.4, 0.5) is 0 Å². The number of carbonyl (C=O) groups excluding carboxylic acids is 1. The van der Waals surface area contributed by atoms with Crippen LogP contribution in [-0.4, -0.2) is 29.9 Å². The number of oxazole rings is 1. The maximum absolute atomic E-state index is 11.1. The number of hydrogen-bond donors (Lipinski definition) is 1. The van der Waals surface area contributed by atoms with Gasteiger partial charge in [-0.15, -0.1) is 0 Å². The molecular formula is C11H12N2O3S. The highest BCUT2D eigenvalue weighted by Crippen LogP contribution is 2.23. The highest BCUT2D eigenvalue weighted by Gasteiger charge is 2.15. The second kappa shape index (κ2) is 5.20. The number of thioether (sulfide) groups is 1. The fourth-order valence-corrected chi connectivity index (χ4v) is 2.06. The van der Waals surface area contributed by atoms with Gasteiger partial charge in [0.2, 0.25) is 0 Å². The van der Waals surface area contributed by atoms with E-state index in [2.05, 4.69) is 9.72 Å². The second-order valence-corrected chi connectivity index (χ2v) is 4.36. The monoisotopic (exact) mass is 252 g/mol. The van der Waals surface area contributed by atoms with E-state index in [0.29, 0.717) is 11.0 Å². The van der Waals surface area contributed by atoms with Gasteiger partial charge in [0.25, 0.3) is 5.22 Å². The summed E-state index contributed by atoms with van der Waals surface area (Å²) in [6.07, 6.45) is 0. The number of benzene rings is 1.